The number of hydrogen-bond acceptors (Lipinski definition) is 7. The van der Waals surface area contributed by atoms with Gasteiger partial charge in [0, 0.05) is 24.0 Å². The lowest BCUT2D eigenvalue weighted by Crippen LogP contribution is -2.48. The van der Waals surface area contributed by atoms with Crippen LogP contribution in [0.25, 0.3) is 22.6 Å². The van der Waals surface area contributed by atoms with Crippen molar-refractivity contribution in [1.29, 1.82) is 0 Å². The van der Waals surface area contributed by atoms with Crippen LogP contribution in [-0.2, 0) is 20.8 Å². The van der Waals surface area contributed by atoms with E-state index in [1.807, 2.05) is 30.3 Å². The Morgan fingerprint density at radius 2 is 1.60 bits per heavy atom. The van der Waals surface area contributed by atoms with Crippen LogP contribution in [-0.4, -0.2) is 39.1 Å². The summed E-state index contributed by atoms with van der Waals surface area (Å²) in [7, 11) is 0. The molecule has 1 aliphatic heterocycles. The van der Waals surface area contributed by atoms with Gasteiger partial charge >= 0.3 is 0 Å². The van der Waals surface area contributed by atoms with Crippen molar-refractivity contribution in [3.63, 3.8) is 0 Å². The summed E-state index contributed by atoms with van der Waals surface area (Å²) in [5.74, 6) is -0.253. The average Bonchev–Trinajstić information content (AvgIpc) is 3.48. The molecule has 9 nitrogen and oxygen atoms in total. The molecule has 2 aromatic heterocycles. The maximum absolute atomic E-state index is 13.7. The number of rotatable bonds is 8. The third-order valence-electron chi connectivity index (χ3n) is 7.03. The van der Waals surface area contributed by atoms with Gasteiger partial charge in [0.25, 0.3) is 0 Å². The summed E-state index contributed by atoms with van der Waals surface area (Å²) < 4.78 is 39.1. The van der Waals surface area contributed by atoms with Crippen LogP contribution in [0.2, 0.25) is 0 Å². The van der Waals surface area contributed by atoms with E-state index in [0.29, 0.717) is 40.7 Å². The zero-order valence-electron chi connectivity index (χ0n) is 23.2. The third kappa shape index (κ3) is 6.42. The lowest BCUT2D eigenvalue weighted by atomic mass is 9.91. The Balaban J connectivity index is 1.23. The molecule has 1 aliphatic rings. The number of nitrogens with one attached hydrogen (secondary N) is 3. The highest BCUT2D eigenvalue weighted by molar-refractivity contribution is 5.82. The molecule has 1 fully saturated rings. The first-order chi connectivity index (χ1) is 20.9. The molecule has 0 saturated carbocycles. The van der Waals surface area contributed by atoms with E-state index in [0.717, 1.165) is 5.56 Å². The highest BCUT2D eigenvalue weighted by Gasteiger charge is 2.40. The summed E-state index contributed by atoms with van der Waals surface area (Å²) in [5.41, 5.74) is 2.89. The van der Waals surface area contributed by atoms with Crippen molar-refractivity contribution in [2.75, 3.05) is 18.5 Å². The summed E-state index contributed by atoms with van der Waals surface area (Å²) in [6.45, 7) is 2.41. The predicted octanol–water partition coefficient (Wildman–Crippen LogP) is 5.92. The molecule has 0 unspecified atom stereocenters. The number of aromatic nitrogens is 4. The molecule has 43 heavy (non-hydrogen) atoms. The molecular formula is C32H28F2N6O3. The Kier molecular flexibility index (Phi) is 7.91. The van der Waals surface area contributed by atoms with Crippen molar-refractivity contribution >= 4 is 17.5 Å². The first kappa shape index (κ1) is 28.1. The van der Waals surface area contributed by atoms with Crippen LogP contribution in [0.5, 0.6) is 0 Å². The molecule has 0 bridgehead atoms. The minimum absolute atomic E-state index is 0.111. The van der Waals surface area contributed by atoms with Crippen molar-refractivity contribution < 1.29 is 23.0 Å². The minimum Gasteiger partial charge on any atom is -0.351 e. The number of benzene rings is 3. The van der Waals surface area contributed by atoms with Gasteiger partial charge in [0.05, 0.1) is 35.7 Å². The SMILES string of the molecule is CC1(C(=O)NCc2ccccc2)COC(c2nc(-c3ccc(F)cc3)c(-c3ccnc(Nc4ccc(F)cc4)n3)[nH]2)OC1. The Morgan fingerprint density at radius 1 is 0.930 bits per heavy atom. The number of carbonyl (C=O) groups is 1. The lowest BCUT2D eigenvalue weighted by molar-refractivity contribution is -0.231. The number of H-pyrrole nitrogens is 1. The van der Waals surface area contributed by atoms with Gasteiger partial charge in [0.2, 0.25) is 18.1 Å². The molecule has 0 atom stereocenters. The molecular weight excluding hydrogens is 554 g/mol. The van der Waals surface area contributed by atoms with Crippen molar-refractivity contribution in [1.82, 2.24) is 25.3 Å². The Labute approximate surface area is 246 Å². The van der Waals surface area contributed by atoms with Crippen LogP contribution in [0.3, 0.4) is 0 Å². The molecule has 3 heterocycles. The molecule has 0 aliphatic carbocycles. The van der Waals surface area contributed by atoms with Gasteiger partial charge in [-0.15, -0.1) is 0 Å². The number of imidazole rings is 1. The summed E-state index contributed by atoms with van der Waals surface area (Å²) in [6, 6.07) is 23.1. The van der Waals surface area contributed by atoms with Gasteiger partial charge in [-0.3, -0.25) is 4.79 Å². The predicted molar refractivity (Wildman–Crippen MR) is 156 cm³/mol. The van der Waals surface area contributed by atoms with Gasteiger partial charge in [0.1, 0.15) is 11.6 Å². The highest BCUT2D eigenvalue weighted by Crippen LogP contribution is 2.36. The van der Waals surface area contributed by atoms with Crippen LogP contribution in [0, 0.1) is 17.0 Å². The van der Waals surface area contributed by atoms with Gasteiger partial charge in [-0.1, -0.05) is 30.3 Å². The Morgan fingerprint density at radius 3 is 2.30 bits per heavy atom. The van der Waals surface area contributed by atoms with E-state index in [1.165, 1.54) is 24.3 Å². The third-order valence-corrected chi connectivity index (χ3v) is 7.03. The molecule has 1 saturated heterocycles. The first-order valence-corrected chi connectivity index (χ1v) is 13.6. The molecule has 3 aromatic carbocycles. The second-order valence-corrected chi connectivity index (χ2v) is 10.4. The molecule has 5 aromatic rings. The van der Waals surface area contributed by atoms with E-state index in [2.05, 4.69) is 25.6 Å². The molecule has 0 radical (unpaired) electrons. The van der Waals surface area contributed by atoms with Crippen LogP contribution < -0.4 is 10.6 Å². The number of anilines is 2. The quantitative estimate of drug-likeness (QED) is 0.208. The zero-order chi connectivity index (χ0) is 29.8. The van der Waals surface area contributed by atoms with Gasteiger partial charge in [-0.25, -0.2) is 23.7 Å². The topological polar surface area (TPSA) is 114 Å². The molecule has 218 valence electrons. The van der Waals surface area contributed by atoms with Gasteiger partial charge in [-0.2, -0.15) is 0 Å². The average molecular weight is 583 g/mol. The van der Waals surface area contributed by atoms with Crippen molar-refractivity contribution in [2.45, 2.75) is 19.8 Å². The Bertz CT molecular complexity index is 1700. The van der Waals surface area contributed by atoms with Crippen molar-refractivity contribution in [2.24, 2.45) is 5.41 Å². The van der Waals surface area contributed by atoms with Gasteiger partial charge < -0.3 is 25.1 Å². The summed E-state index contributed by atoms with van der Waals surface area (Å²) in [5, 5.41) is 6.02. The number of aromatic amines is 1. The fourth-order valence-electron chi connectivity index (χ4n) is 4.62. The van der Waals surface area contributed by atoms with Crippen LogP contribution >= 0.6 is 0 Å². The Hall–Kier alpha value is -5.00. The number of carbonyl (C=O) groups excluding carboxylic acids is 1. The van der Waals surface area contributed by atoms with E-state index in [-0.39, 0.29) is 36.7 Å². The number of amides is 1. The van der Waals surface area contributed by atoms with E-state index in [9.17, 15) is 13.6 Å². The van der Waals surface area contributed by atoms with Crippen molar-refractivity contribution in [3.8, 4) is 22.6 Å². The molecule has 6 rings (SSSR count). The second kappa shape index (κ2) is 12.1. The summed E-state index contributed by atoms with van der Waals surface area (Å²) >= 11 is 0. The smallest absolute Gasteiger partial charge is 0.230 e. The van der Waals surface area contributed by atoms with Gasteiger partial charge in [-0.05, 0) is 67.1 Å². The van der Waals surface area contributed by atoms with E-state index < -0.39 is 11.7 Å². The number of halogens is 2. The highest BCUT2D eigenvalue weighted by atomic mass is 19.1. The molecule has 1 amide bonds. The molecule has 0 spiro atoms. The number of nitrogens with zero attached hydrogens (tertiary/aromatic N) is 3. The van der Waals surface area contributed by atoms with Crippen molar-refractivity contribution in [3.05, 3.63) is 114 Å². The fraction of sp³-hybridized carbons (Fsp3) is 0.188. The summed E-state index contributed by atoms with van der Waals surface area (Å²) in [6.07, 6.45) is 0.706. The maximum Gasteiger partial charge on any atom is 0.230 e. The number of ether oxygens (including phenoxy) is 2. The monoisotopic (exact) mass is 582 g/mol. The second-order valence-electron chi connectivity index (χ2n) is 10.4. The van der Waals surface area contributed by atoms with E-state index in [1.54, 1.807) is 43.5 Å². The largest absolute Gasteiger partial charge is 0.351 e. The molecule has 3 N–H and O–H groups in total. The van der Waals surface area contributed by atoms with Crippen LogP contribution in [0.4, 0.5) is 20.4 Å². The fourth-order valence-corrected chi connectivity index (χ4v) is 4.62. The molecule has 11 heteroatoms. The number of hydrogen-bond donors (Lipinski definition) is 3. The first-order valence-electron chi connectivity index (χ1n) is 13.6. The normalized spacial score (nSPS) is 18.3. The van der Waals surface area contributed by atoms with Crippen LogP contribution in [0.15, 0.2) is 91.1 Å². The van der Waals surface area contributed by atoms with Gasteiger partial charge in [0.15, 0.2) is 5.82 Å². The minimum atomic E-state index is -0.895. The zero-order valence-corrected chi connectivity index (χ0v) is 23.2. The summed E-state index contributed by atoms with van der Waals surface area (Å²) in [4.78, 5) is 29.9. The van der Waals surface area contributed by atoms with E-state index >= 15 is 0 Å². The lowest BCUT2D eigenvalue weighted by Gasteiger charge is -2.35. The maximum atomic E-state index is 13.7. The van der Waals surface area contributed by atoms with Crippen LogP contribution in [0.1, 0.15) is 24.6 Å². The standard InChI is InChI=1S/C32H28F2N6O3/c1-32(30(41)36-17-20-5-3-2-4-6-20)18-42-29(43-19-32)28-39-26(21-7-9-22(33)10-8-21)27(40-28)25-15-16-35-31(38-25)37-24-13-11-23(34)12-14-24/h2-16,29H,17-19H2,1H3,(H,36,41)(H,39,40)(H,35,37,38). The van der Waals surface area contributed by atoms with E-state index in [4.69, 9.17) is 14.5 Å².